The molecule has 3 aromatic rings. The number of halogens is 2. The van der Waals surface area contributed by atoms with Crippen LogP contribution in [0.4, 0.5) is 4.39 Å². The van der Waals surface area contributed by atoms with Crippen molar-refractivity contribution in [3.8, 4) is 11.4 Å². The van der Waals surface area contributed by atoms with Gasteiger partial charge in [-0.1, -0.05) is 35.9 Å². The number of carbonyl (C=O) groups excluding carboxylic acids is 1. The second kappa shape index (κ2) is 7.67. The lowest BCUT2D eigenvalue weighted by molar-refractivity contribution is -0.121. The quantitative estimate of drug-likeness (QED) is 0.662. The van der Waals surface area contributed by atoms with Crippen molar-refractivity contribution in [2.45, 2.75) is 25.9 Å². The van der Waals surface area contributed by atoms with Crippen LogP contribution in [0.5, 0.6) is 0 Å². The number of hydrogen-bond acceptors (Lipinski definition) is 4. The fourth-order valence-corrected chi connectivity index (χ4v) is 3.45. The van der Waals surface area contributed by atoms with Crippen molar-refractivity contribution < 1.29 is 14.3 Å². The summed E-state index contributed by atoms with van der Waals surface area (Å²) in [7, 11) is 0. The molecule has 1 amide bonds. The van der Waals surface area contributed by atoms with Crippen molar-refractivity contribution in [2.24, 2.45) is 0 Å². The molecule has 0 bridgehead atoms. The zero-order chi connectivity index (χ0) is 20.5. The number of benzene rings is 2. The molecule has 6 nitrogen and oxygen atoms in total. The molecule has 0 saturated heterocycles. The molecule has 8 heteroatoms. The molecule has 1 aliphatic carbocycles. The van der Waals surface area contributed by atoms with Gasteiger partial charge in [0.2, 0.25) is 5.91 Å². The zero-order valence-corrected chi connectivity index (χ0v) is 16.3. The molecule has 2 aromatic carbocycles. The first-order valence-electron chi connectivity index (χ1n) is 9.14. The van der Waals surface area contributed by atoms with Crippen LogP contribution in [0.1, 0.15) is 29.9 Å². The van der Waals surface area contributed by atoms with E-state index in [-0.39, 0.29) is 23.1 Å². The number of rotatable bonds is 5. The van der Waals surface area contributed by atoms with Gasteiger partial charge in [0.05, 0.1) is 11.4 Å². The lowest BCUT2D eigenvalue weighted by Gasteiger charge is -2.15. The normalized spacial score (nSPS) is 15.1. The van der Waals surface area contributed by atoms with Crippen molar-refractivity contribution in [3.05, 3.63) is 76.0 Å². The van der Waals surface area contributed by atoms with Crippen molar-refractivity contribution in [1.29, 1.82) is 0 Å². The van der Waals surface area contributed by atoms with Crippen LogP contribution in [0.3, 0.4) is 0 Å². The SMILES string of the molecule is CCn1nc(-c2ccc(Cl)c(F)c2)nc1CC(=O)N[C@@H]1C(O)=Cc2ccccc21. The van der Waals surface area contributed by atoms with E-state index < -0.39 is 11.9 Å². The number of aliphatic hydroxyl groups excluding tert-OH is 1. The molecule has 1 atom stereocenters. The van der Waals surface area contributed by atoms with Crippen molar-refractivity contribution >= 4 is 23.6 Å². The van der Waals surface area contributed by atoms with Crippen LogP contribution in [0, 0.1) is 5.82 Å². The summed E-state index contributed by atoms with van der Waals surface area (Å²) in [5, 5.41) is 17.4. The number of carbonyl (C=O) groups is 1. The molecule has 2 N–H and O–H groups in total. The summed E-state index contributed by atoms with van der Waals surface area (Å²) in [5.74, 6) is -0.000762. The second-order valence-electron chi connectivity index (χ2n) is 6.67. The van der Waals surface area contributed by atoms with Gasteiger partial charge in [0.25, 0.3) is 0 Å². The molecule has 0 aliphatic heterocycles. The van der Waals surface area contributed by atoms with E-state index in [1.165, 1.54) is 12.1 Å². The Morgan fingerprint density at radius 3 is 2.86 bits per heavy atom. The maximum Gasteiger partial charge on any atom is 0.228 e. The fourth-order valence-electron chi connectivity index (χ4n) is 3.33. The second-order valence-corrected chi connectivity index (χ2v) is 7.08. The highest BCUT2D eigenvalue weighted by molar-refractivity contribution is 6.30. The van der Waals surface area contributed by atoms with Crippen molar-refractivity contribution in [3.63, 3.8) is 0 Å². The van der Waals surface area contributed by atoms with Gasteiger partial charge < -0.3 is 10.4 Å². The smallest absolute Gasteiger partial charge is 0.228 e. The number of aliphatic hydroxyl groups is 1. The Morgan fingerprint density at radius 1 is 1.31 bits per heavy atom. The minimum atomic E-state index is -0.582. The number of nitrogens with zero attached hydrogens (tertiary/aromatic N) is 3. The summed E-state index contributed by atoms with van der Waals surface area (Å²) in [6.45, 7) is 2.38. The molecule has 0 unspecified atom stereocenters. The predicted molar refractivity (Wildman–Crippen MR) is 108 cm³/mol. The molecule has 1 aromatic heterocycles. The topological polar surface area (TPSA) is 80.0 Å². The molecule has 1 heterocycles. The lowest BCUT2D eigenvalue weighted by atomic mass is 10.1. The van der Waals surface area contributed by atoms with Crippen LogP contribution in [0.15, 0.2) is 48.2 Å². The molecule has 4 rings (SSSR count). The number of aromatic nitrogens is 3. The number of amides is 1. The van der Waals surface area contributed by atoms with E-state index in [0.29, 0.717) is 23.8 Å². The fraction of sp³-hybridized carbons (Fsp3) is 0.190. The van der Waals surface area contributed by atoms with E-state index in [0.717, 1.165) is 11.1 Å². The minimum Gasteiger partial charge on any atom is -0.510 e. The Kier molecular flexibility index (Phi) is 5.07. The third-order valence-corrected chi connectivity index (χ3v) is 5.06. The van der Waals surface area contributed by atoms with Gasteiger partial charge in [0, 0.05) is 12.1 Å². The highest BCUT2D eigenvalue weighted by Gasteiger charge is 2.27. The third kappa shape index (κ3) is 3.73. The molecule has 0 fully saturated rings. The van der Waals surface area contributed by atoms with Crippen LogP contribution in [0.25, 0.3) is 17.5 Å². The van der Waals surface area contributed by atoms with Crippen LogP contribution in [-0.2, 0) is 17.8 Å². The molecule has 0 spiro atoms. The first-order chi connectivity index (χ1) is 14.0. The number of nitrogens with one attached hydrogen (secondary N) is 1. The van der Waals surface area contributed by atoms with Crippen LogP contribution < -0.4 is 5.32 Å². The van der Waals surface area contributed by atoms with E-state index in [2.05, 4.69) is 15.4 Å². The summed E-state index contributed by atoms with van der Waals surface area (Å²) < 4.78 is 15.4. The number of fused-ring (bicyclic) bond motifs is 1. The highest BCUT2D eigenvalue weighted by Crippen LogP contribution is 2.32. The average molecular weight is 413 g/mol. The van der Waals surface area contributed by atoms with Gasteiger partial charge >= 0.3 is 0 Å². The third-order valence-electron chi connectivity index (χ3n) is 4.76. The van der Waals surface area contributed by atoms with Gasteiger partial charge in [0.1, 0.15) is 23.4 Å². The Balaban J connectivity index is 1.53. The Hall–Kier alpha value is -3.19. The average Bonchev–Trinajstić information content (AvgIpc) is 3.25. The Labute approximate surface area is 171 Å². The minimum absolute atomic E-state index is 0.0213. The van der Waals surface area contributed by atoms with E-state index in [4.69, 9.17) is 11.6 Å². The van der Waals surface area contributed by atoms with Crippen LogP contribution in [-0.4, -0.2) is 25.8 Å². The largest absolute Gasteiger partial charge is 0.510 e. The van der Waals surface area contributed by atoms with E-state index in [1.807, 2.05) is 31.2 Å². The monoisotopic (exact) mass is 412 g/mol. The maximum atomic E-state index is 13.8. The summed E-state index contributed by atoms with van der Waals surface area (Å²) in [4.78, 5) is 17.0. The lowest BCUT2D eigenvalue weighted by Crippen LogP contribution is -2.31. The predicted octanol–water partition coefficient (Wildman–Crippen LogP) is 4.07. The highest BCUT2D eigenvalue weighted by atomic mass is 35.5. The van der Waals surface area contributed by atoms with Gasteiger partial charge in [-0.05, 0) is 42.3 Å². The van der Waals surface area contributed by atoms with Gasteiger partial charge in [0.15, 0.2) is 5.82 Å². The van der Waals surface area contributed by atoms with Crippen molar-refractivity contribution in [2.75, 3.05) is 0 Å². The van der Waals surface area contributed by atoms with Gasteiger partial charge in [-0.15, -0.1) is 0 Å². The van der Waals surface area contributed by atoms with Gasteiger partial charge in [-0.25, -0.2) is 14.1 Å². The van der Waals surface area contributed by atoms with Gasteiger partial charge in [-0.2, -0.15) is 5.10 Å². The van der Waals surface area contributed by atoms with Gasteiger partial charge in [-0.3, -0.25) is 4.79 Å². The number of aryl methyl sites for hydroxylation is 1. The Morgan fingerprint density at radius 2 is 2.10 bits per heavy atom. The van der Waals surface area contributed by atoms with E-state index in [9.17, 15) is 14.3 Å². The summed E-state index contributed by atoms with van der Waals surface area (Å²) in [6.07, 6.45) is 1.62. The summed E-state index contributed by atoms with van der Waals surface area (Å²) in [5.41, 5.74) is 2.19. The standard InChI is InChI=1S/C21H18ClFN4O2/c1-2-27-18(24-21(26-27)13-7-8-15(22)16(23)9-13)11-19(29)25-20-14-6-4-3-5-12(14)10-17(20)28/h3-10,20,28H,2,11H2,1H3,(H,25,29)/t20-/m0/s1. The molecular formula is C21H18ClFN4O2. The van der Waals surface area contributed by atoms with Crippen LogP contribution >= 0.6 is 11.6 Å². The molecule has 0 saturated carbocycles. The van der Waals surface area contributed by atoms with Crippen LogP contribution in [0.2, 0.25) is 5.02 Å². The first-order valence-corrected chi connectivity index (χ1v) is 9.52. The number of hydrogen-bond donors (Lipinski definition) is 2. The van der Waals surface area contributed by atoms with E-state index >= 15 is 0 Å². The molecule has 1 aliphatic rings. The Bertz CT molecular complexity index is 1130. The molecule has 29 heavy (non-hydrogen) atoms. The summed E-state index contributed by atoms with van der Waals surface area (Å²) >= 11 is 5.73. The maximum absolute atomic E-state index is 13.8. The molecule has 0 radical (unpaired) electrons. The molecule has 148 valence electrons. The first kappa shape index (κ1) is 19.1. The zero-order valence-electron chi connectivity index (χ0n) is 15.6. The van der Waals surface area contributed by atoms with E-state index in [1.54, 1.807) is 16.8 Å². The summed E-state index contributed by atoms with van der Waals surface area (Å²) in [6, 6.07) is 11.2. The molecular weight excluding hydrogens is 395 g/mol. The van der Waals surface area contributed by atoms with Crippen molar-refractivity contribution in [1.82, 2.24) is 20.1 Å².